The maximum atomic E-state index is 12.6. The Kier molecular flexibility index (Phi) is 6.50. The van der Waals surface area contributed by atoms with E-state index >= 15 is 0 Å². The van der Waals surface area contributed by atoms with Crippen LogP contribution in [0.5, 0.6) is 0 Å². The summed E-state index contributed by atoms with van der Waals surface area (Å²) in [7, 11) is -3.81. The van der Waals surface area contributed by atoms with Crippen molar-refractivity contribution >= 4 is 15.7 Å². The zero-order valence-corrected chi connectivity index (χ0v) is 12.8. The zero-order valence-electron chi connectivity index (χ0n) is 12.0. The number of aliphatic hydroxyl groups is 1. The molecule has 8 heteroatoms. The number of halogens is 2. The summed E-state index contributed by atoms with van der Waals surface area (Å²) >= 11 is 0. The summed E-state index contributed by atoms with van der Waals surface area (Å²) in [6.07, 6.45) is -2.63. The number of nitrogens with one attached hydrogen (secondary N) is 1. The fraction of sp³-hybridized carbons (Fsp3) is 0.538. The molecule has 0 aliphatic carbocycles. The van der Waals surface area contributed by atoms with Crippen LogP contribution in [0.4, 0.5) is 14.5 Å². The van der Waals surface area contributed by atoms with Crippen LogP contribution in [0.2, 0.25) is 0 Å². The molecule has 0 fully saturated rings. The van der Waals surface area contributed by atoms with Crippen molar-refractivity contribution in [1.82, 2.24) is 4.72 Å². The Hall–Kier alpha value is -1.25. The van der Waals surface area contributed by atoms with Crippen LogP contribution in [0.1, 0.15) is 13.8 Å². The van der Waals surface area contributed by atoms with Gasteiger partial charge in [-0.1, -0.05) is 12.1 Å². The zero-order chi connectivity index (χ0) is 16.0. The van der Waals surface area contributed by atoms with Crippen molar-refractivity contribution in [2.24, 2.45) is 0 Å². The fourth-order valence-electron chi connectivity index (χ4n) is 1.92. The van der Waals surface area contributed by atoms with Gasteiger partial charge in [-0.05, 0) is 26.0 Å². The van der Waals surface area contributed by atoms with Crippen molar-refractivity contribution in [1.29, 1.82) is 0 Å². The highest BCUT2D eigenvalue weighted by Crippen LogP contribution is 2.25. The van der Waals surface area contributed by atoms with E-state index in [2.05, 4.69) is 4.72 Å². The first-order valence-corrected chi connectivity index (χ1v) is 8.01. The van der Waals surface area contributed by atoms with Crippen molar-refractivity contribution in [3.63, 3.8) is 0 Å². The summed E-state index contributed by atoms with van der Waals surface area (Å²) in [5.74, 6) is 0. The Morgan fingerprint density at radius 2 is 1.90 bits per heavy atom. The molecule has 0 amide bonds. The summed E-state index contributed by atoms with van der Waals surface area (Å²) in [6.45, 7) is 2.28. The molecule has 0 bridgehead atoms. The first kappa shape index (κ1) is 17.8. The van der Waals surface area contributed by atoms with Gasteiger partial charge in [0.25, 0.3) is 6.43 Å². The molecule has 0 saturated heterocycles. The van der Waals surface area contributed by atoms with Crippen LogP contribution >= 0.6 is 0 Å². The van der Waals surface area contributed by atoms with E-state index in [1.165, 1.54) is 23.1 Å². The SMILES string of the molecule is CC(C)NS(=O)(=O)c1ccccc1N(CCO)CC(F)F. The van der Waals surface area contributed by atoms with E-state index in [9.17, 15) is 17.2 Å². The smallest absolute Gasteiger partial charge is 0.255 e. The first-order chi connectivity index (χ1) is 9.77. The van der Waals surface area contributed by atoms with E-state index < -0.39 is 23.0 Å². The highest BCUT2D eigenvalue weighted by molar-refractivity contribution is 7.89. The van der Waals surface area contributed by atoms with Crippen LogP contribution in [-0.2, 0) is 10.0 Å². The largest absolute Gasteiger partial charge is 0.395 e. The van der Waals surface area contributed by atoms with E-state index in [1.807, 2.05) is 0 Å². The number of para-hydroxylation sites is 1. The molecule has 1 aromatic carbocycles. The molecule has 0 atom stereocenters. The minimum atomic E-state index is -3.81. The molecule has 120 valence electrons. The van der Waals surface area contributed by atoms with E-state index in [0.29, 0.717) is 0 Å². The van der Waals surface area contributed by atoms with Gasteiger partial charge in [-0.2, -0.15) is 0 Å². The van der Waals surface area contributed by atoms with Gasteiger partial charge < -0.3 is 10.0 Å². The summed E-state index contributed by atoms with van der Waals surface area (Å²) < 4.78 is 52.2. The molecule has 0 aromatic heterocycles. The van der Waals surface area contributed by atoms with E-state index in [4.69, 9.17) is 5.11 Å². The molecule has 0 heterocycles. The summed E-state index contributed by atoms with van der Waals surface area (Å²) in [5, 5.41) is 9.00. The lowest BCUT2D eigenvalue weighted by molar-refractivity contribution is 0.152. The van der Waals surface area contributed by atoms with E-state index in [-0.39, 0.29) is 29.8 Å². The number of hydrogen-bond acceptors (Lipinski definition) is 4. The minimum absolute atomic E-state index is 0.0709. The van der Waals surface area contributed by atoms with E-state index in [1.54, 1.807) is 19.9 Å². The molecule has 1 aromatic rings. The second-order valence-electron chi connectivity index (χ2n) is 4.80. The quantitative estimate of drug-likeness (QED) is 0.760. The van der Waals surface area contributed by atoms with Gasteiger partial charge in [0.2, 0.25) is 10.0 Å². The molecule has 2 N–H and O–H groups in total. The number of sulfonamides is 1. The molecule has 0 unspecified atom stereocenters. The Labute approximate surface area is 123 Å². The van der Waals surface area contributed by atoms with Gasteiger partial charge in [-0.25, -0.2) is 21.9 Å². The highest BCUT2D eigenvalue weighted by Gasteiger charge is 2.23. The topological polar surface area (TPSA) is 69.6 Å². The van der Waals surface area contributed by atoms with Gasteiger partial charge in [0.1, 0.15) is 4.90 Å². The minimum Gasteiger partial charge on any atom is -0.395 e. The third-order valence-corrected chi connectivity index (χ3v) is 4.32. The van der Waals surface area contributed by atoms with Gasteiger partial charge in [0, 0.05) is 12.6 Å². The molecule has 21 heavy (non-hydrogen) atoms. The van der Waals surface area contributed by atoms with Crippen LogP contribution in [0, 0.1) is 0 Å². The first-order valence-electron chi connectivity index (χ1n) is 6.53. The lowest BCUT2D eigenvalue weighted by Gasteiger charge is -2.26. The lowest BCUT2D eigenvalue weighted by Crippen LogP contribution is -2.35. The second kappa shape index (κ2) is 7.67. The number of nitrogens with zero attached hydrogens (tertiary/aromatic N) is 1. The van der Waals surface area contributed by atoms with Gasteiger partial charge in [0.05, 0.1) is 18.8 Å². The van der Waals surface area contributed by atoms with Gasteiger partial charge in [0.15, 0.2) is 0 Å². The van der Waals surface area contributed by atoms with Gasteiger partial charge in [-0.15, -0.1) is 0 Å². The standard InChI is InChI=1S/C13H20F2N2O3S/c1-10(2)16-21(19,20)12-6-4-3-5-11(12)17(7-8-18)9-13(14)15/h3-6,10,13,16,18H,7-9H2,1-2H3. The molecular formula is C13H20F2N2O3S. The van der Waals surface area contributed by atoms with Crippen LogP contribution in [-0.4, -0.2) is 45.7 Å². The third-order valence-electron chi connectivity index (χ3n) is 2.61. The Balaban J connectivity index is 3.23. The molecule has 0 aliphatic rings. The number of aliphatic hydroxyl groups excluding tert-OH is 1. The molecule has 1 rings (SSSR count). The maximum absolute atomic E-state index is 12.6. The molecular weight excluding hydrogens is 302 g/mol. The van der Waals surface area contributed by atoms with Crippen LogP contribution < -0.4 is 9.62 Å². The molecule has 0 saturated carbocycles. The number of rotatable bonds is 8. The molecule has 0 spiro atoms. The Morgan fingerprint density at radius 3 is 2.43 bits per heavy atom. The van der Waals surface area contributed by atoms with Gasteiger partial charge >= 0.3 is 0 Å². The predicted octanol–water partition coefficient (Wildman–Crippen LogP) is 1.44. The van der Waals surface area contributed by atoms with Crippen molar-refractivity contribution in [3.8, 4) is 0 Å². The van der Waals surface area contributed by atoms with Crippen molar-refractivity contribution < 1.29 is 22.3 Å². The molecule has 5 nitrogen and oxygen atoms in total. The fourth-order valence-corrected chi connectivity index (χ4v) is 3.39. The second-order valence-corrected chi connectivity index (χ2v) is 6.49. The van der Waals surface area contributed by atoms with Crippen LogP contribution in [0.25, 0.3) is 0 Å². The van der Waals surface area contributed by atoms with Crippen LogP contribution in [0.3, 0.4) is 0 Å². The average molecular weight is 322 g/mol. The number of benzene rings is 1. The summed E-state index contributed by atoms with van der Waals surface area (Å²) in [6, 6.07) is 5.59. The van der Waals surface area contributed by atoms with E-state index in [0.717, 1.165) is 0 Å². The monoisotopic (exact) mass is 322 g/mol. The lowest BCUT2D eigenvalue weighted by atomic mass is 10.3. The number of anilines is 1. The van der Waals surface area contributed by atoms with Gasteiger partial charge in [-0.3, -0.25) is 0 Å². The highest BCUT2D eigenvalue weighted by atomic mass is 32.2. The summed E-state index contributed by atoms with van der Waals surface area (Å²) in [5.41, 5.74) is 0.153. The van der Waals surface area contributed by atoms with Crippen molar-refractivity contribution in [3.05, 3.63) is 24.3 Å². The number of alkyl halides is 2. The Morgan fingerprint density at radius 1 is 1.29 bits per heavy atom. The predicted molar refractivity (Wildman–Crippen MR) is 77.2 cm³/mol. The average Bonchev–Trinajstić information content (AvgIpc) is 2.36. The normalized spacial score (nSPS) is 12.1. The Bertz CT molecular complexity index is 550. The van der Waals surface area contributed by atoms with Crippen molar-refractivity contribution in [2.45, 2.75) is 31.2 Å². The number of hydrogen-bond donors (Lipinski definition) is 2. The third kappa shape index (κ3) is 5.22. The van der Waals surface area contributed by atoms with Crippen LogP contribution in [0.15, 0.2) is 29.2 Å². The maximum Gasteiger partial charge on any atom is 0.255 e. The summed E-state index contributed by atoms with van der Waals surface area (Å²) in [4.78, 5) is 1.09. The van der Waals surface area contributed by atoms with Crippen molar-refractivity contribution in [2.75, 3.05) is 24.6 Å². The molecule has 0 radical (unpaired) electrons. The molecule has 0 aliphatic heterocycles.